The molecule has 1 aromatic heterocycles. The maximum Gasteiger partial charge on any atom is 0.411 e. The first-order valence-corrected chi connectivity index (χ1v) is 21.1. The fourth-order valence-electron chi connectivity index (χ4n) is 8.29. The summed E-state index contributed by atoms with van der Waals surface area (Å²) in [7, 11) is 4.15. The molecule has 0 spiro atoms. The Kier molecular flexibility index (Phi) is 16.1. The van der Waals surface area contributed by atoms with Gasteiger partial charge in [0.25, 0.3) is 5.91 Å². The molecule has 2 aliphatic carbocycles. The van der Waals surface area contributed by atoms with Crippen LogP contribution in [-0.4, -0.2) is 99.5 Å². The number of hydrogen-bond donors (Lipinski definition) is 6. The highest BCUT2D eigenvalue weighted by atomic mass is 35.5. The number of nitrogens with zero attached hydrogens (tertiary/aromatic N) is 3. The van der Waals surface area contributed by atoms with Crippen molar-refractivity contribution in [1.82, 2.24) is 30.7 Å². The minimum Gasteiger partial charge on any atom is -0.477 e. The maximum atomic E-state index is 14.5. The molecule has 1 atom stereocenters. The van der Waals surface area contributed by atoms with Gasteiger partial charge in [-0.1, -0.05) is 30.3 Å². The molecule has 0 aliphatic heterocycles. The van der Waals surface area contributed by atoms with E-state index in [4.69, 9.17) is 10.8 Å². The van der Waals surface area contributed by atoms with Crippen molar-refractivity contribution in [1.29, 1.82) is 0 Å². The molecule has 20 heteroatoms. The van der Waals surface area contributed by atoms with Crippen molar-refractivity contribution in [3.05, 3.63) is 89.2 Å². The molecule has 2 aliphatic rings. The first-order valence-electron chi connectivity index (χ1n) is 21.1. The average molecular weight is 935 g/mol. The Morgan fingerprint density at radius 3 is 2.05 bits per heavy atom. The van der Waals surface area contributed by atoms with E-state index < -0.39 is 47.3 Å². The fourth-order valence-corrected chi connectivity index (χ4v) is 8.29. The summed E-state index contributed by atoms with van der Waals surface area (Å²) < 4.78 is 84.4. The molecule has 3 amide bonds. The molecule has 0 unspecified atom stereocenters. The van der Waals surface area contributed by atoms with Crippen molar-refractivity contribution in [2.75, 3.05) is 26.0 Å². The number of aromatic nitrogens is 3. The minimum atomic E-state index is -6.37. The van der Waals surface area contributed by atoms with E-state index in [0.717, 1.165) is 60.8 Å². The molecular formula is C45H53ClF6N8O5. The van der Waals surface area contributed by atoms with Gasteiger partial charge in [0.2, 0.25) is 17.6 Å². The van der Waals surface area contributed by atoms with E-state index in [2.05, 4.69) is 45.0 Å². The van der Waals surface area contributed by atoms with Crippen LogP contribution in [0.1, 0.15) is 78.7 Å². The van der Waals surface area contributed by atoms with E-state index in [1.165, 1.54) is 29.4 Å². The second-order valence-electron chi connectivity index (χ2n) is 17.0. The van der Waals surface area contributed by atoms with Crippen LogP contribution in [0.2, 0.25) is 0 Å². The Balaban J connectivity index is 0.00000793. The fraction of sp³-hybridized carbons (Fsp3) is 0.467. The zero-order valence-corrected chi connectivity index (χ0v) is 36.8. The molecule has 0 saturated heterocycles. The van der Waals surface area contributed by atoms with Crippen LogP contribution in [0.5, 0.6) is 0 Å². The molecule has 13 nitrogen and oxygen atoms in total. The lowest BCUT2D eigenvalue weighted by atomic mass is 9.81. The molecule has 0 radical (unpaired) electrons. The molecule has 0 bridgehead atoms. The van der Waals surface area contributed by atoms with E-state index in [0.29, 0.717) is 36.9 Å². The van der Waals surface area contributed by atoms with Crippen molar-refractivity contribution in [2.24, 2.45) is 17.6 Å². The van der Waals surface area contributed by atoms with Gasteiger partial charge < -0.3 is 31.7 Å². The summed E-state index contributed by atoms with van der Waals surface area (Å²) in [6.07, 6.45) is 6.81. The SMILES string of the molecule is Cc1cc(C(=O)NC2CCC(N(C)C)CC2)ccc1-c1ccc(C[C@H](NC(=O)C2CCC(CN)CC2)C(=O)Nc2ccc(-c3n[nH]c(C(F)(F)C(F)(F)C(F)(F)C(=O)O)n3)cc2)cc1.Cl. The van der Waals surface area contributed by atoms with Crippen LogP contribution in [0.15, 0.2) is 66.7 Å². The van der Waals surface area contributed by atoms with Gasteiger partial charge in [0, 0.05) is 41.2 Å². The molecular weight excluding hydrogens is 882 g/mol. The molecule has 4 aromatic rings. The van der Waals surface area contributed by atoms with Gasteiger partial charge in [-0.25, -0.2) is 9.78 Å². The number of hydrogen-bond acceptors (Lipinski definition) is 8. The number of nitrogens with one attached hydrogen (secondary N) is 4. The maximum absolute atomic E-state index is 14.5. The summed E-state index contributed by atoms with van der Waals surface area (Å²) >= 11 is 0. The van der Waals surface area contributed by atoms with E-state index in [-0.39, 0.29) is 53.9 Å². The van der Waals surface area contributed by atoms with Crippen molar-refractivity contribution in [3.63, 3.8) is 0 Å². The molecule has 6 rings (SSSR count). The number of carboxylic acids is 1. The van der Waals surface area contributed by atoms with Crippen LogP contribution in [0.25, 0.3) is 22.5 Å². The van der Waals surface area contributed by atoms with E-state index >= 15 is 0 Å². The van der Waals surface area contributed by atoms with Crippen LogP contribution < -0.4 is 21.7 Å². The molecule has 7 N–H and O–H groups in total. The third-order valence-corrected chi connectivity index (χ3v) is 12.4. The number of amides is 3. The number of nitrogens with two attached hydrogens (primary N) is 1. The standard InChI is InChI=1S/C45H52F6N8O5.ClH/c1-25-22-31(39(61)53-33-17-19-34(20-18-33)59(2)3)14-21-35(25)28-8-4-26(5-9-28)23-36(55-38(60)30-10-6-27(24-52)7-11-30)40(62)54-32-15-12-29(13-16-32)37-56-41(58-57-37)43(46,47)45(50,51)44(48,49)42(63)64;/h4-5,8-9,12-16,21-22,27,30,33-34,36H,6-7,10-11,17-20,23-24,52H2,1-3H3,(H,53,61)(H,54,62)(H,55,60)(H,63,64)(H,56,57,58);1H/t27?,30?,33?,34?,36-;/m0./s1. The third kappa shape index (κ3) is 11.3. The predicted molar refractivity (Wildman–Crippen MR) is 233 cm³/mol. The van der Waals surface area contributed by atoms with Crippen molar-refractivity contribution < 1.29 is 50.6 Å². The Hall–Kier alpha value is -5.53. The highest BCUT2D eigenvalue weighted by Crippen LogP contribution is 2.50. The molecule has 352 valence electrons. The summed E-state index contributed by atoms with van der Waals surface area (Å²) in [5, 5.41) is 22.2. The number of aromatic amines is 1. The number of carbonyl (C=O) groups excluding carboxylic acids is 3. The van der Waals surface area contributed by atoms with Gasteiger partial charge in [0.05, 0.1) is 0 Å². The summed E-state index contributed by atoms with van der Waals surface area (Å²) in [4.78, 5) is 56.6. The Bertz CT molecular complexity index is 2300. The smallest absolute Gasteiger partial charge is 0.411 e. The second kappa shape index (κ2) is 20.8. The number of H-pyrrole nitrogens is 1. The summed E-state index contributed by atoms with van der Waals surface area (Å²) in [6.45, 7) is 2.46. The molecule has 1 heterocycles. The quantitative estimate of drug-likeness (QED) is 0.0623. The van der Waals surface area contributed by atoms with Gasteiger partial charge in [-0.15, -0.1) is 12.4 Å². The van der Waals surface area contributed by atoms with Gasteiger partial charge in [-0.05, 0) is 144 Å². The Morgan fingerprint density at radius 2 is 1.48 bits per heavy atom. The third-order valence-electron chi connectivity index (χ3n) is 12.4. The Labute approximate surface area is 378 Å². The van der Waals surface area contributed by atoms with Crippen LogP contribution >= 0.6 is 12.4 Å². The van der Waals surface area contributed by atoms with Gasteiger partial charge in [0.1, 0.15) is 6.04 Å². The van der Waals surface area contributed by atoms with Gasteiger partial charge in [0.15, 0.2) is 5.82 Å². The van der Waals surface area contributed by atoms with Crippen LogP contribution in [0.3, 0.4) is 0 Å². The zero-order chi connectivity index (χ0) is 46.6. The summed E-state index contributed by atoms with van der Waals surface area (Å²) in [5.74, 6) is -25.3. The van der Waals surface area contributed by atoms with Gasteiger partial charge in [-0.2, -0.15) is 31.4 Å². The second-order valence-corrected chi connectivity index (χ2v) is 17.0. The average Bonchev–Trinajstić information content (AvgIpc) is 3.78. The van der Waals surface area contributed by atoms with Crippen molar-refractivity contribution in [2.45, 2.75) is 101 Å². The highest BCUT2D eigenvalue weighted by Gasteiger charge is 2.77. The monoisotopic (exact) mass is 934 g/mol. The number of rotatable bonds is 16. The summed E-state index contributed by atoms with van der Waals surface area (Å²) in [6, 6.07) is 17.8. The number of carboxylic acid groups (broad SMARTS) is 1. The van der Waals surface area contributed by atoms with Gasteiger partial charge in [-0.3, -0.25) is 19.5 Å². The number of benzene rings is 3. The van der Waals surface area contributed by atoms with Crippen molar-refractivity contribution >= 4 is 41.8 Å². The molecule has 3 aromatic carbocycles. The van der Waals surface area contributed by atoms with Crippen LogP contribution in [0, 0.1) is 18.8 Å². The number of anilines is 1. The van der Waals surface area contributed by atoms with Crippen molar-refractivity contribution in [3.8, 4) is 22.5 Å². The number of carbonyl (C=O) groups is 4. The lowest BCUT2D eigenvalue weighted by molar-refractivity contribution is -0.311. The predicted octanol–water partition coefficient (Wildman–Crippen LogP) is 7.35. The number of aliphatic carboxylic acids is 1. The lowest BCUT2D eigenvalue weighted by Gasteiger charge is -2.33. The number of alkyl halides is 6. The van der Waals surface area contributed by atoms with E-state index in [1.54, 1.807) is 6.07 Å². The van der Waals surface area contributed by atoms with Gasteiger partial charge >= 0.3 is 23.7 Å². The first kappa shape index (κ1) is 50.5. The zero-order valence-electron chi connectivity index (χ0n) is 36.0. The normalized spacial score (nSPS) is 19.7. The largest absolute Gasteiger partial charge is 0.477 e. The number of aryl methyl sites for hydroxylation is 1. The molecule has 65 heavy (non-hydrogen) atoms. The Morgan fingerprint density at radius 1 is 0.862 bits per heavy atom. The van der Waals surface area contributed by atoms with E-state index in [9.17, 15) is 45.5 Å². The van der Waals surface area contributed by atoms with Crippen LogP contribution in [0.4, 0.5) is 32.0 Å². The summed E-state index contributed by atoms with van der Waals surface area (Å²) in [5.41, 5.74) is 9.99. The topological polar surface area (TPSA) is 195 Å². The van der Waals surface area contributed by atoms with Crippen LogP contribution in [-0.2, 0) is 26.7 Å². The lowest BCUT2D eigenvalue weighted by Crippen LogP contribution is -2.56. The highest BCUT2D eigenvalue weighted by molar-refractivity contribution is 5.98. The number of halogens is 7. The molecule has 2 fully saturated rings. The van der Waals surface area contributed by atoms with E-state index in [1.807, 2.05) is 43.3 Å². The first-order chi connectivity index (χ1) is 30.2. The molecule has 2 saturated carbocycles. The minimum absolute atomic E-state index is 0.